The summed E-state index contributed by atoms with van der Waals surface area (Å²) in [7, 11) is 3.25. The van der Waals surface area contributed by atoms with Gasteiger partial charge in [0, 0.05) is 18.2 Å². The normalized spacial score (nSPS) is 10.1. The van der Waals surface area contributed by atoms with Crippen molar-refractivity contribution in [2.75, 3.05) is 20.8 Å². The zero-order valence-corrected chi connectivity index (χ0v) is 10.8. The molecule has 0 amide bonds. The van der Waals surface area contributed by atoms with Gasteiger partial charge in [0.15, 0.2) is 0 Å². The summed E-state index contributed by atoms with van der Waals surface area (Å²) >= 11 is 0. The summed E-state index contributed by atoms with van der Waals surface area (Å²) in [4.78, 5) is 10.9. The number of ether oxygens (including phenoxy) is 2. The second-order valence-corrected chi connectivity index (χ2v) is 3.93. The van der Waals surface area contributed by atoms with Crippen molar-refractivity contribution in [2.45, 2.75) is 20.4 Å². The fraction of sp³-hybridized carbons (Fsp3) is 0.462. The number of carbonyl (C=O) groups excluding carboxylic acids is 1. The van der Waals surface area contributed by atoms with Crippen LogP contribution < -0.4 is 14.8 Å². The number of hydrogen-bond acceptors (Lipinski definition) is 4. The van der Waals surface area contributed by atoms with Crippen molar-refractivity contribution in [1.29, 1.82) is 0 Å². The standard InChI is InChI=1S/C13H19NO3/c1-9-5-11(16-3)6-13(17-4)12(9)8-14-7-10(2)15/h5-6,14H,7-8H2,1-4H3. The highest BCUT2D eigenvalue weighted by Crippen LogP contribution is 2.28. The van der Waals surface area contributed by atoms with Crippen LogP contribution in [0.15, 0.2) is 12.1 Å². The highest BCUT2D eigenvalue weighted by molar-refractivity contribution is 5.77. The maximum absolute atomic E-state index is 10.9. The van der Waals surface area contributed by atoms with Gasteiger partial charge in [0.1, 0.15) is 17.3 Å². The lowest BCUT2D eigenvalue weighted by atomic mass is 10.1. The quantitative estimate of drug-likeness (QED) is 0.818. The molecule has 0 bridgehead atoms. The minimum Gasteiger partial charge on any atom is -0.497 e. The lowest BCUT2D eigenvalue weighted by Gasteiger charge is -2.14. The zero-order valence-electron chi connectivity index (χ0n) is 10.8. The van der Waals surface area contributed by atoms with Crippen LogP contribution in [0.5, 0.6) is 11.5 Å². The van der Waals surface area contributed by atoms with Crippen LogP contribution in [0.1, 0.15) is 18.1 Å². The first-order valence-electron chi connectivity index (χ1n) is 5.50. The molecule has 0 spiro atoms. The molecule has 1 aromatic carbocycles. The Morgan fingerprint density at radius 1 is 1.29 bits per heavy atom. The number of methoxy groups -OCH3 is 2. The van der Waals surface area contributed by atoms with E-state index >= 15 is 0 Å². The number of Topliss-reactive ketones (excluding diaryl/α,β-unsaturated/α-hetero) is 1. The molecule has 0 aliphatic carbocycles. The number of rotatable bonds is 6. The van der Waals surface area contributed by atoms with E-state index < -0.39 is 0 Å². The molecule has 0 unspecified atom stereocenters. The average Bonchev–Trinajstić information content (AvgIpc) is 2.30. The first-order valence-corrected chi connectivity index (χ1v) is 5.50. The van der Waals surface area contributed by atoms with Gasteiger partial charge in [-0.05, 0) is 25.5 Å². The Morgan fingerprint density at radius 3 is 2.53 bits per heavy atom. The van der Waals surface area contributed by atoms with Crippen LogP contribution in [-0.4, -0.2) is 26.5 Å². The van der Waals surface area contributed by atoms with E-state index in [1.54, 1.807) is 21.1 Å². The van der Waals surface area contributed by atoms with E-state index in [2.05, 4.69) is 5.32 Å². The molecule has 17 heavy (non-hydrogen) atoms. The van der Waals surface area contributed by atoms with Crippen LogP contribution >= 0.6 is 0 Å². The van der Waals surface area contributed by atoms with Crippen LogP contribution in [0, 0.1) is 6.92 Å². The van der Waals surface area contributed by atoms with Gasteiger partial charge in [0.2, 0.25) is 0 Å². The van der Waals surface area contributed by atoms with E-state index in [1.807, 2.05) is 19.1 Å². The zero-order chi connectivity index (χ0) is 12.8. The maximum atomic E-state index is 10.9. The van der Waals surface area contributed by atoms with Gasteiger partial charge >= 0.3 is 0 Å². The third-order valence-electron chi connectivity index (χ3n) is 2.54. The van der Waals surface area contributed by atoms with Crippen LogP contribution in [0.4, 0.5) is 0 Å². The van der Waals surface area contributed by atoms with Gasteiger partial charge in [0.25, 0.3) is 0 Å². The predicted molar refractivity (Wildman–Crippen MR) is 66.7 cm³/mol. The van der Waals surface area contributed by atoms with E-state index in [0.29, 0.717) is 13.1 Å². The number of nitrogens with one attached hydrogen (secondary N) is 1. The molecule has 0 atom stereocenters. The van der Waals surface area contributed by atoms with Gasteiger partial charge in [-0.25, -0.2) is 0 Å². The van der Waals surface area contributed by atoms with Gasteiger partial charge in [0.05, 0.1) is 20.8 Å². The molecule has 0 aliphatic rings. The van der Waals surface area contributed by atoms with Crippen molar-refractivity contribution >= 4 is 5.78 Å². The van der Waals surface area contributed by atoms with E-state index in [4.69, 9.17) is 9.47 Å². The Kier molecular flexibility index (Phi) is 4.97. The van der Waals surface area contributed by atoms with Crippen LogP contribution in [0.2, 0.25) is 0 Å². The molecule has 94 valence electrons. The molecule has 0 heterocycles. The van der Waals surface area contributed by atoms with Gasteiger partial charge in [-0.1, -0.05) is 0 Å². The van der Waals surface area contributed by atoms with Crippen molar-refractivity contribution in [3.05, 3.63) is 23.3 Å². The Hall–Kier alpha value is -1.55. The van der Waals surface area contributed by atoms with Gasteiger partial charge in [-0.2, -0.15) is 0 Å². The molecule has 0 aromatic heterocycles. The molecular formula is C13H19NO3. The average molecular weight is 237 g/mol. The van der Waals surface area contributed by atoms with Crippen molar-refractivity contribution in [3.8, 4) is 11.5 Å². The highest BCUT2D eigenvalue weighted by atomic mass is 16.5. The number of hydrogen-bond donors (Lipinski definition) is 1. The van der Waals surface area contributed by atoms with Crippen molar-refractivity contribution in [1.82, 2.24) is 5.32 Å². The first-order chi connectivity index (χ1) is 8.08. The molecule has 1 aromatic rings. The first kappa shape index (κ1) is 13.5. The number of carbonyl (C=O) groups is 1. The summed E-state index contributed by atoms with van der Waals surface area (Å²) in [5, 5.41) is 3.08. The summed E-state index contributed by atoms with van der Waals surface area (Å²) < 4.78 is 10.5. The molecule has 0 fully saturated rings. The predicted octanol–water partition coefficient (Wildman–Crippen LogP) is 1.69. The van der Waals surface area contributed by atoms with Crippen LogP contribution in [-0.2, 0) is 11.3 Å². The molecule has 4 heteroatoms. The monoisotopic (exact) mass is 237 g/mol. The lowest BCUT2D eigenvalue weighted by Crippen LogP contribution is -2.21. The van der Waals surface area contributed by atoms with E-state index in [1.165, 1.54) is 0 Å². The van der Waals surface area contributed by atoms with Crippen LogP contribution in [0.25, 0.3) is 0 Å². The summed E-state index contributed by atoms with van der Waals surface area (Å²) in [5.41, 5.74) is 2.13. The molecule has 0 aliphatic heterocycles. The lowest BCUT2D eigenvalue weighted by molar-refractivity contribution is -0.116. The summed E-state index contributed by atoms with van der Waals surface area (Å²) in [6.45, 7) is 4.54. The minimum atomic E-state index is 0.120. The van der Waals surface area contributed by atoms with Crippen molar-refractivity contribution in [2.24, 2.45) is 0 Å². The van der Waals surface area contributed by atoms with E-state index in [9.17, 15) is 4.79 Å². The summed E-state index contributed by atoms with van der Waals surface area (Å²) in [6, 6.07) is 3.80. The maximum Gasteiger partial charge on any atom is 0.143 e. The van der Waals surface area contributed by atoms with Gasteiger partial charge in [-0.3, -0.25) is 4.79 Å². The van der Waals surface area contributed by atoms with Gasteiger partial charge in [-0.15, -0.1) is 0 Å². The molecule has 0 radical (unpaired) electrons. The van der Waals surface area contributed by atoms with Crippen molar-refractivity contribution in [3.63, 3.8) is 0 Å². The fourth-order valence-electron chi connectivity index (χ4n) is 1.64. The largest absolute Gasteiger partial charge is 0.497 e. The fourth-order valence-corrected chi connectivity index (χ4v) is 1.64. The summed E-state index contributed by atoms with van der Waals surface area (Å²) in [6.07, 6.45) is 0. The Balaban J connectivity index is 2.86. The highest BCUT2D eigenvalue weighted by Gasteiger charge is 2.09. The molecule has 1 N–H and O–H groups in total. The van der Waals surface area contributed by atoms with Gasteiger partial charge < -0.3 is 14.8 Å². The molecule has 0 saturated carbocycles. The summed E-state index contributed by atoms with van der Waals surface area (Å²) in [5.74, 6) is 1.67. The third kappa shape index (κ3) is 3.75. The third-order valence-corrected chi connectivity index (χ3v) is 2.54. The molecule has 0 saturated heterocycles. The molecule has 4 nitrogen and oxygen atoms in total. The van der Waals surface area contributed by atoms with Crippen molar-refractivity contribution < 1.29 is 14.3 Å². The Morgan fingerprint density at radius 2 is 2.00 bits per heavy atom. The minimum absolute atomic E-state index is 0.120. The van der Waals surface area contributed by atoms with E-state index in [0.717, 1.165) is 22.6 Å². The number of aryl methyl sites for hydroxylation is 1. The number of benzene rings is 1. The smallest absolute Gasteiger partial charge is 0.143 e. The molecular weight excluding hydrogens is 218 g/mol. The second-order valence-electron chi connectivity index (χ2n) is 3.93. The second kappa shape index (κ2) is 6.25. The molecule has 1 rings (SSSR count). The van der Waals surface area contributed by atoms with Crippen LogP contribution in [0.3, 0.4) is 0 Å². The topological polar surface area (TPSA) is 47.6 Å². The Labute approximate surface area is 102 Å². The Bertz CT molecular complexity index is 402. The van der Waals surface area contributed by atoms with E-state index in [-0.39, 0.29) is 5.78 Å². The SMILES string of the molecule is COc1cc(C)c(CNCC(C)=O)c(OC)c1. The number of ketones is 1.